The van der Waals surface area contributed by atoms with Crippen LogP contribution in [-0.2, 0) is 6.54 Å². The molecule has 2 N–H and O–H groups in total. The number of hydrogen-bond acceptors (Lipinski definition) is 5. The quantitative estimate of drug-likeness (QED) is 0.861. The average Bonchev–Trinajstić information content (AvgIpc) is 2.37. The topological polar surface area (TPSA) is 62.7 Å². The molecule has 0 aromatic carbocycles. The molecule has 0 bridgehead atoms. The Morgan fingerprint density at radius 1 is 1.16 bits per heavy atom. The molecule has 0 spiro atoms. The lowest BCUT2D eigenvalue weighted by Gasteiger charge is -2.10. The van der Waals surface area contributed by atoms with Crippen molar-refractivity contribution in [1.82, 2.24) is 15.0 Å². The Balaban J connectivity index is 2.09. The minimum atomic E-state index is 0.663. The molecule has 19 heavy (non-hydrogen) atoms. The summed E-state index contributed by atoms with van der Waals surface area (Å²) in [6.45, 7) is 7.59. The summed E-state index contributed by atoms with van der Waals surface area (Å²) in [4.78, 5) is 12.8. The summed E-state index contributed by atoms with van der Waals surface area (Å²) in [6, 6.07) is 3.96. The van der Waals surface area contributed by atoms with Crippen LogP contribution in [-0.4, -0.2) is 21.5 Å². The van der Waals surface area contributed by atoms with Crippen LogP contribution in [0.15, 0.2) is 24.5 Å². The van der Waals surface area contributed by atoms with Crippen LogP contribution in [0.3, 0.4) is 0 Å². The molecular weight excluding hydrogens is 238 g/mol. The predicted octanol–water partition coefficient (Wildman–Crippen LogP) is 2.53. The Labute approximate surface area is 113 Å². The number of aryl methyl sites for hydroxylation is 2. The Kier molecular flexibility index (Phi) is 4.28. The third-order valence-corrected chi connectivity index (χ3v) is 2.79. The summed E-state index contributed by atoms with van der Waals surface area (Å²) >= 11 is 0. The summed E-state index contributed by atoms with van der Waals surface area (Å²) in [6.07, 6.45) is 3.67. The van der Waals surface area contributed by atoms with Crippen LogP contribution < -0.4 is 10.6 Å². The van der Waals surface area contributed by atoms with Crippen LogP contribution in [0.25, 0.3) is 0 Å². The standard InChI is InChI=1S/C14H19N5/c1-4-16-14-18-11(3)7-13(19-14)17-9-12-5-6-15-8-10(12)2/h5-8H,4,9H2,1-3H3,(H2,16,17,18,19). The third kappa shape index (κ3) is 3.64. The molecule has 0 radical (unpaired) electrons. The van der Waals surface area contributed by atoms with Gasteiger partial charge >= 0.3 is 0 Å². The van der Waals surface area contributed by atoms with Crippen LogP contribution >= 0.6 is 0 Å². The van der Waals surface area contributed by atoms with Crippen molar-refractivity contribution in [1.29, 1.82) is 0 Å². The maximum Gasteiger partial charge on any atom is 0.224 e. The molecule has 2 aromatic rings. The molecule has 100 valence electrons. The first-order valence-corrected chi connectivity index (χ1v) is 6.42. The van der Waals surface area contributed by atoms with Crippen molar-refractivity contribution < 1.29 is 0 Å². The molecule has 0 saturated heterocycles. The molecule has 0 aliphatic carbocycles. The Morgan fingerprint density at radius 3 is 2.74 bits per heavy atom. The van der Waals surface area contributed by atoms with E-state index in [1.807, 2.05) is 32.2 Å². The van der Waals surface area contributed by atoms with Gasteiger partial charge in [0.1, 0.15) is 5.82 Å². The molecule has 5 heteroatoms. The van der Waals surface area contributed by atoms with Gasteiger partial charge in [0.2, 0.25) is 5.95 Å². The first-order chi connectivity index (χ1) is 9.19. The van der Waals surface area contributed by atoms with Crippen molar-refractivity contribution in [2.75, 3.05) is 17.2 Å². The van der Waals surface area contributed by atoms with Crippen LogP contribution in [0.2, 0.25) is 0 Å². The van der Waals surface area contributed by atoms with Gasteiger partial charge in [0.15, 0.2) is 0 Å². The maximum atomic E-state index is 4.42. The highest BCUT2D eigenvalue weighted by molar-refractivity contribution is 5.43. The molecule has 2 rings (SSSR count). The van der Waals surface area contributed by atoms with Crippen molar-refractivity contribution in [2.24, 2.45) is 0 Å². The number of hydrogen-bond donors (Lipinski definition) is 2. The van der Waals surface area contributed by atoms with Crippen LogP contribution in [0.5, 0.6) is 0 Å². The summed E-state index contributed by atoms with van der Waals surface area (Å²) < 4.78 is 0. The highest BCUT2D eigenvalue weighted by atomic mass is 15.1. The zero-order valence-corrected chi connectivity index (χ0v) is 11.6. The molecule has 0 atom stereocenters. The van der Waals surface area contributed by atoms with Gasteiger partial charge in [0.05, 0.1) is 0 Å². The van der Waals surface area contributed by atoms with E-state index in [9.17, 15) is 0 Å². The molecule has 2 heterocycles. The monoisotopic (exact) mass is 257 g/mol. The summed E-state index contributed by atoms with van der Waals surface area (Å²) in [5, 5.41) is 6.45. The summed E-state index contributed by atoms with van der Waals surface area (Å²) in [5.41, 5.74) is 3.34. The second kappa shape index (κ2) is 6.13. The van der Waals surface area contributed by atoms with E-state index in [4.69, 9.17) is 0 Å². The fraction of sp³-hybridized carbons (Fsp3) is 0.357. The Morgan fingerprint density at radius 2 is 2.00 bits per heavy atom. The molecule has 0 aliphatic rings. The minimum Gasteiger partial charge on any atom is -0.366 e. The molecule has 2 aromatic heterocycles. The third-order valence-electron chi connectivity index (χ3n) is 2.79. The van der Waals surface area contributed by atoms with E-state index in [0.29, 0.717) is 5.95 Å². The average molecular weight is 257 g/mol. The Bertz CT molecular complexity index is 553. The van der Waals surface area contributed by atoms with E-state index < -0.39 is 0 Å². The Hall–Kier alpha value is -2.17. The zero-order valence-electron chi connectivity index (χ0n) is 11.6. The molecule has 0 saturated carbocycles. The van der Waals surface area contributed by atoms with Crippen molar-refractivity contribution in [3.8, 4) is 0 Å². The van der Waals surface area contributed by atoms with Crippen molar-refractivity contribution in [2.45, 2.75) is 27.3 Å². The van der Waals surface area contributed by atoms with Gasteiger partial charge in [-0.1, -0.05) is 0 Å². The van der Waals surface area contributed by atoms with E-state index >= 15 is 0 Å². The molecule has 0 unspecified atom stereocenters. The summed E-state index contributed by atoms with van der Waals surface area (Å²) in [5.74, 6) is 1.50. The van der Waals surface area contributed by atoms with E-state index in [0.717, 1.165) is 24.6 Å². The van der Waals surface area contributed by atoms with E-state index in [2.05, 4.69) is 32.5 Å². The van der Waals surface area contributed by atoms with Gasteiger partial charge < -0.3 is 10.6 Å². The largest absolute Gasteiger partial charge is 0.366 e. The maximum absolute atomic E-state index is 4.42. The lowest BCUT2D eigenvalue weighted by Crippen LogP contribution is -2.08. The molecule has 0 fully saturated rings. The van der Waals surface area contributed by atoms with Gasteiger partial charge in [-0.2, -0.15) is 4.98 Å². The molecule has 0 aliphatic heterocycles. The van der Waals surface area contributed by atoms with Gasteiger partial charge in [-0.15, -0.1) is 0 Å². The van der Waals surface area contributed by atoms with Gasteiger partial charge in [-0.25, -0.2) is 4.98 Å². The molecule has 5 nitrogen and oxygen atoms in total. The van der Waals surface area contributed by atoms with Crippen molar-refractivity contribution in [3.05, 3.63) is 41.3 Å². The number of nitrogens with zero attached hydrogens (tertiary/aromatic N) is 3. The van der Waals surface area contributed by atoms with Gasteiger partial charge in [-0.3, -0.25) is 4.98 Å². The minimum absolute atomic E-state index is 0.663. The van der Waals surface area contributed by atoms with Crippen LogP contribution in [0.4, 0.5) is 11.8 Å². The first kappa shape index (κ1) is 13.3. The number of pyridine rings is 1. The van der Waals surface area contributed by atoms with E-state index in [1.54, 1.807) is 6.20 Å². The lowest BCUT2D eigenvalue weighted by molar-refractivity contribution is 1.02. The first-order valence-electron chi connectivity index (χ1n) is 6.42. The number of nitrogens with one attached hydrogen (secondary N) is 2. The predicted molar refractivity (Wildman–Crippen MR) is 77.2 cm³/mol. The van der Waals surface area contributed by atoms with Crippen molar-refractivity contribution in [3.63, 3.8) is 0 Å². The number of rotatable bonds is 5. The zero-order chi connectivity index (χ0) is 13.7. The van der Waals surface area contributed by atoms with E-state index in [-0.39, 0.29) is 0 Å². The van der Waals surface area contributed by atoms with E-state index in [1.165, 1.54) is 11.1 Å². The molecule has 0 amide bonds. The number of anilines is 2. The molecular formula is C14H19N5. The van der Waals surface area contributed by atoms with Gasteiger partial charge in [0, 0.05) is 37.2 Å². The smallest absolute Gasteiger partial charge is 0.224 e. The van der Waals surface area contributed by atoms with Crippen molar-refractivity contribution >= 4 is 11.8 Å². The van der Waals surface area contributed by atoms with Crippen LogP contribution in [0.1, 0.15) is 23.7 Å². The second-order valence-corrected chi connectivity index (χ2v) is 4.40. The van der Waals surface area contributed by atoms with Gasteiger partial charge in [0.25, 0.3) is 0 Å². The fourth-order valence-corrected chi connectivity index (χ4v) is 1.78. The number of aromatic nitrogens is 3. The normalized spacial score (nSPS) is 10.3. The van der Waals surface area contributed by atoms with Crippen LogP contribution in [0, 0.1) is 13.8 Å². The lowest BCUT2D eigenvalue weighted by atomic mass is 10.1. The highest BCUT2D eigenvalue weighted by Crippen LogP contribution is 2.12. The van der Waals surface area contributed by atoms with Gasteiger partial charge in [-0.05, 0) is 38.0 Å². The second-order valence-electron chi connectivity index (χ2n) is 4.40. The highest BCUT2D eigenvalue weighted by Gasteiger charge is 2.02. The SMILES string of the molecule is CCNc1nc(C)cc(NCc2ccncc2C)n1. The summed E-state index contributed by atoms with van der Waals surface area (Å²) in [7, 11) is 0. The fourth-order valence-electron chi connectivity index (χ4n) is 1.78.